The number of hydrogen-bond acceptors (Lipinski definition) is 2. The van der Waals surface area contributed by atoms with Gasteiger partial charge in [-0.1, -0.05) is 54.2 Å². The molecule has 1 aromatic carbocycles. The van der Waals surface area contributed by atoms with Crippen LogP contribution < -0.4 is 5.73 Å². The standard InChI is InChI=1S/C10H12N2S/c11-10(12)13-8-4-7-9-5-2-1-3-6-9/h1-7H,8H2,(H3,11,12). The zero-order valence-corrected chi connectivity index (χ0v) is 8.05. The van der Waals surface area contributed by atoms with E-state index in [4.69, 9.17) is 11.1 Å². The smallest absolute Gasteiger partial charge is 0.151 e. The van der Waals surface area contributed by atoms with E-state index < -0.39 is 0 Å². The molecule has 0 aliphatic heterocycles. The SMILES string of the molecule is N=C(N)SCC=Cc1ccccc1. The summed E-state index contributed by atoms with van der Waals surface area (Å²) in [6.45, 7) is 0. The number of hydrogen-bond donors (Lipinski definition) is 2. The van der Waals surface area contributed by atoms with Gasteiger partial charge in [0.1, 0.15) is 0 Å². The quantitative estimate of drug-likeness (QED) is 0.570. The van der Waals surface area contributed by atoms with Crippen LogP contribution in [0, 0.1) is 5.41 Å². The highest BCUT2D eigenvalue weighted by atomic mass is 32.2. The van der Waals surface area contributed by atoms with Gasteiger partial charge in [0.2, 0.25) is 0 Å². The third-order valence-corrected chi connectivity index (χ3v) is 2.12. The first-order chi connectivity index (χ1) is 6.29. The second-order valence-corrected chi connectivity index (χ2v) is 3.55. The minimum Gasteiger partial charge on any atom is -0.379 e. The van der Waals surface area contributed by atoms with Gasteiger partial charge in [-0.2, -0.15) is 0 Å². The lowest BCUT2D eigenvalue weighted by atomic mass is 10.2. The topological polar surface area (TPSA) is 49.9 Å². The van der Waals surface area contributed by atoms with Crippen molar-refractivity contribution in [2.75, 3.05) is 5.75 Å². The molecule has 68 valence electrons. The number of nitrogens with two attached hydrogens (primary N) is 1. The van der Waals surface area contributed by atoms with Crippen LogP contribution >= 0.6 is 11.8 Å². The molecule has 0 amide bonds. The highest BCUT2D eigenvalue weighted by Crippen LogP contribution is 2.03. The zero-order chi connectivity index (χ0) is 9.52. The Kier molecular flexibility index (Phi) is 4.12. The monoisotopic (exact) mass is 192 g/mol. The highest BCUT2D eigenvalue weighted by Gasteiger charge is 1.86. The van der Waals surface area contributed by atoms with E-state index in [-0.39, 0.29) is 5.17 Å². The van der Waals surface area contributed by atoms with Crippen LogP contribution in [0.1, 0.15) is 5.56 Å². The van der Waals surface area contributed by atoms with Crippen molar-refractivity contribution in [1.82, 2.24) is 0 Å². The lowest BCUT2D eigenvalue weighted by Crippen LogP contribution is -2.03. The predicted molar refractivity (Wildman–Crippen MR) is 59.8 cm³/mol. The van der Waals surface area contributed by atoms with E-state index >= 15 is 0 Å². The van der Waals surface area contributed by atoms with Crippen LogP contribution in [0.2, 0.25) is 0 Å². The molecule has 1 rings (SSSR count). The van der Waals surface area contributed by atoms with Gasteiger partial charge in [0, 0.05) is 5.75 Å². The van der Waals surface area contributed by atoms with Crippen LogP contribution in [0.15, 0.2) is 36.4 Å². The Hall–Kier alpha value is -1.22. The Morgan fingerprint density at radius 1 is 1.38 bits per heavy atom. The van der Waals surface area contributed by atoms with E-state index in [0.29, 0.717) is 0 Å². The van der Waals surface area contributed by atoms with Crippen molar-refractivity contribution in [3.63, 3.8) is 0 Å². The third kappa shape index (κ3) is 4.38. The average Bonchev–Trinajstić information content (AvgIpc) is 2.14. The minimum atomic E-state index is 0.165. The maximum atomic E-state index is 6.98. The van der Waals surface area contributed by atoms with Crippen molar-refractivity contribution in [1.29, 1.82) is 5.41 Å². The van der Waals surface area contributed by atoms with Crippen molar-refractivity contribution in [3.05, 3.63) is 42.0 Å². The summed E-state index contributed by atoms with van der Waals surface area (Å²) < 4.78 is 0. The Balaban J connectivity index is 2.37. The van der Waals surface area contributed by atoms with Gasteiger partial charge in [0.05, 0.1) is 0 Å². The molecule has 3 N–H and O–H groups in total. The predicted octanol–water partition coefficient (Wildman–Crippen LogP) is 2.33. The molecule has 3 heteroatoms. The maximum absolute atomic E-state index is 6.98. The molecule has 1 aromatic rings. The van der Waals surface area contributed by atoms with Gasteiger partial charge in [-0.05, 0) is 5.56 Å². The molecule has 0 radical (unpaired) electrons. The summed E-state index contributed by atoms with van der Waals surface area (Å²) in [4.78, 5) is 0. The summed E-state index contributed by atoms with van der Waals surface area (Å²) in [5.41, 5.74) is 6.36. The molecular weight excluding hydrogens is 180 g/mol. The molecule has 0 atom stereocenters. The number of benzene rings is 1. The fourth-order valence-electron chi connectivity index (χ4n) is 0.886. The first-order valence-electron chi connectivity index (χ1n) is 3.97. The van der Waals surface area contributed by atoms with Crippen LogP contribution in [0.25, 0.3) is 6.08 Å². The van der Waals surface area contributed by atoms with Gasteiger partial charge < -0.3 is 5.73 Å². The van der Waals surface area contributed by atoms with E-state index in [2.05, 4.69) is 0 Å². The highest BCUT2D eigenvalue weighted by molar-refractivity contribution is 8.13. The van der Waals surface area contributed by atoms with Gasteiger partial charge in [-0.3, -0.25) is 5.41 Å². The first kappa shape index (κ1) is 9.86. The Bertz CT molecular complexity index is 293. The number of nitrogens with one attached hydrogen (secondary N) is 1. The molecule has 0 saturated carbocycles. The normalized spacial score (nSPS) is 10.5. The third-order valence-electron chi connectivity index (χ3n) is 1.44. The van der Waals surface area contributed by atoms with Crippen LogP contribution in [-0.4, -0.2) is 10.9 Å². The molecule has 0 heterocycles. The summed E-state index contributed by atoms with van der Waals surface area (Å²) in [5.74, 6) is 0.754. The average molecular weight is 192 g/mol. The molecule has 0 aliphatic carbocycles. The zero-order valence-electron chi connectivity index (χ0n) is 7.23. The molecular formula is C10H12N2S. The van der Waals surface area contributed by atoms with Crippen molar-refractivity contribution in [3.8, 4) is 0 Å². The molecule has 0 unspecified atom stereocenters. The van der Waals surface area contributed by atoms with E-state index in [1.807, 2.05) is 42.5 Å². The van der Waals surface area contributed by atoms with Gasteiger partial charge in [0.15, 0.2) is 5.17 Å². The van der Waals surface area contributed by atoms with Gasteiger partial charge in [-0.15, -0.1) is 0 Å². The number of amidine groups is 1. The Labute approximate surface area is 82.3 Å². The molecule has 13 heavy (non-hydrogen) atoms. The van der Waals surface area contributed by atoms with Crippen molar-refractivity contribution >= 4 is 23.0 Å². The molecule has 0 aliphatic rings. The van der Waals surface area contributed by atoms with E-state index in [9.17, 15) is 0 Å². The fourth-order valence-corrected chi connectivity index (χ4v) is 1.26. The van der Waals surface area contributed by atoms with Gasteiger partial charge in [-0.25, -0.2) is 0 Å². The lowest BCUT2D eigenvalue weighted by molar-refractivity contribution is 1.50. The molecule has 0 bridgehead atoms. The molecule has 0 aromatic heterocycles. The second-order valence-electron chi connectivity index (χ2n) is 2.49. The van der Waals surface area contributed by atoms with Crippen LogP contribution in [0.5, 0.6) is 0 Å². The van der Waals surface area contributed by atoms with Crippen molar-refractivity contribution in [2.24, 2.45) is 5.73 Å². The summed E-state index contributed by atoms with van der Waals surface area (Å²) >= 11 is 1.32. The van der Waals surface area contributed by atoms with E-state index in [1.165, 1.54) is 17.3 Å². The second kappa shape index (κ2) is 5.43. The van der Waals surface area contributed by atoms with Crippen LogP contribution in [0.3, 0.4) is 0 Å². The number of rotatable bonds is 3. The minimum absolute atomic E-state index is 0.165. The van der Waals surface area contributed by atoms with Crippen LogP contribution in [0.4, 0.5) is 0 Å². The summed E-state index contributed by atoms with van der Waals surface area (Å²) in [7, 11) is 0. The Morgan fingerprint density at radius 2 is 2.08 bits per heavy atom. The van der Waals surface area contributed by atoms with Gasteiger partial charge in [0.25, 0.3) is 0 Å². The summed E-state index contributed by atoms with van der Waals surface area (Å²) in [6, 6.07) is 10.1. The van der Waals surface area contributed by atoms with Crippen molar-refractivity contribution < 1.29 is 0 Å². The lowest BCUT2D eigenvalue weighted by Gasteiger charge is -1.92. The van der Waals surface area contributed by atoms with Crippen molar-refractivity contribution in [2.45, 2.75) is 0 Å². The largest absolute Gasteiger partial charge is 0.379 e. The molecule has 0 fully saturated rings. The Morgan fingerprint density at radius 3 is 2.69 bits per heavy atom. The van der Waals surface area contributed by atoms with E-state index in [0.717, 1.165) is 5.75 Å². The summed E-state index contributed by atoms with van der Waals surface area (Å²) in [5, 5.41) is 7.15. The molecule has 0 spiro atoms. The number of thioether (sulfide) groups is 1. The first-order valence-corrected chi connectivity index (χ1v) is 4.96. The summed E-state index contributed by atoms with van der Waals surface area (Å²) in [6.07, 6.45) is 4.03. The van der Waals surface area contributed by atoms with Crippen LogP contribution in [-0.2, 0) is 0 Å². The van der Waals surface area contributed by atoms with E-state index in [1.54, 1.807) is 0 Å². The van der Waals surface area contributed by atoms with Gasteiger partial charge >= 0.3 is 0 Å². The maximum Gasteiger partial charge on any atom is 0.151 e. The fraction of sp³-hybridized carbons (Fsp3) is 0.100. The molecule has 2 nitrogen and oxygen atoms in total. The molecule has 0 saturated heterocycles.